The maximum atomic E-state index is 13.3. The number of rotatable bonds is 8. The monoisotopic (exact) mass is 398 g/mol. The molecular formula is C22H23FN2O2S. The Hall–Kier alpha value is -2.70. The Morgan fingerprint density at radius 3 is 2.50 bits per heavy atom. The summed E-state index contributed by atoms with van der Waals surface area (Å²) in [6, 6.07) is 17.3. The van der Waals surface area contributed by atoms with Gasteiger partial charge in [-0.05, 0) is 47.2 Å². The normalized spacial score (nSPS) is 11.8. The van der Waals surface area contributed by atoms with Crippen molar-refractivity contribution in [3.63, 3.8) is 0 Å². The van der Waals surface area contributed by atoms with Crippen LogP contribution in [-0.4, -0.2) is 12.6 Å². The zero-order valence-electron chi connectivity index (χ0n) is 15.7. The Balaban J connectivity index is 1.67. The van der Waals surface area contributed by atoms with Gasteiger partial charge in [0, 0.05) is 18.0 Å². The van der Waals surface area contributed by atoms with Crippen LogP contribution in [0.25, 0.3) is 0 Å². The van der Waals surface area contributed by atoms with Crippen molar-refractivity contribution >= 4 is 17.4 Å². The van der Waals surface area contributed by atoms with E-state index >= 15 is 0 Å². The highest BCUT2D eigenvalue weighted by molar-refractivity contribution is 7.10. The lowest BCUT2D eigenvalue weighted by Gasteiger charge is -2.19. The third-order valence-electron chi connectivity index (χ3n) is 4.33. The van der Waals surface area contributed by atoms with Crippen LogP contribution in [0.4, 0.5) is 9.18 Å². The molecule has 2 amide bonds. The molecule has 3 aromatic rings. The summed E-state index contributed by atoms with van der Waals surface area (Å²) in [5, 5.41) is 7.86. The number of ether oxygens (including phenoxy) is 1. The first-order valence-electron chi connectivity index (χ1n) is 9.15. The molecule has 6 heteroatoms. The third kappa shape index (κ3) is 5.41. The summed E-state index contributed by atoms with van der Waals surface area (Å²) in [7, 11) is 0. The molecule has 1 aromatic heterocycles. The topological polar surface area (TPSA) is 50.4 Å². The molecule has 1 unspecified atom stereocenters. The largest absolute Gasteiger partial charge is 0.377 e. The molecule has 0 aliphatic carbocycles. The van der Waals surface area contributed by atoms with Gasteiger partial charge in [0.2, 0.25) is 0 Å². The molecule has 4 nitrogen and oxygen atoms in total. The summed E-state index contributed by atoms with van der Waals surface area (Å²) < 4.78 is 18.8. The van der Waals surface area contributed by atoms with Crippen LogP contribution in [0.5, 0.6) is 0 Å². The van der Waals surface area contributed by atoms with Crippen molar-refractivity contribution in [2.24, 2.45) is 0 Å². The lowest BCUT2D eigenvalue weighted by atomic mass is 10.1. The van der Waals surface area contributed by atoms with Crippen LogP contribution in [0.15, 0.2) is 66.0 Å². The predicted molar refractivity (Wildman–Crippen MR) is 110 cm³/mol. The first kappa shape index (κ1) is 20.0. The Bertz CT molecular complexity index is 882. The lowest BCUT2D eigenvalue weighted by Crippen LogP contribution is -2.38. The van der Waals surface area contributed by atoms with Crippen LogP contribution in [0.3, 0.4) is 0 Å². The summed E-state index contributed by atoms with van der Waals surface area (Å²) in [5.74, 6) is -0.302. The molecule has 0 aliphatic heterocycles. The first-order chi connectivity index (χ1) is 13.7. The molecule has 0 aliphatic rings. The highest BCUT2D eigenvalue weighted by Crippen LogP contribution is 2.26. The molecule has 2 aromatic carbocycles. The summed E-state index contributed by atoms with van der Waals surface area (Å²) in [6.45, 7) is 3.51. The van der Waals surface area contributed by atoms with Crippen molar-refractivity contribution in [3.8, 4) is 0 Å². The average molecular weight is 399 g/mol. The average Bonchev–Trinajstić information content (AvgIpc) is 3.25. The molecule has 0 saturated carbocycles. The van der Waals surface area contributed by atoms with Crippen molar-refractivity contribution in [3.05, 3.63) is 93.4 Å². The van der Waals surface area contributed by atoms with Gasteiger partial charge in [-0.25, -0.2) is 9.18 Å². The molecular weight excluding hydrogens is 375 g/mol. The minimum absolute atomic E-state index is 0.283. The van der Waals surface area contributed by atoms with Crippen molar-refractivity contribution in [2.45, 2.75) is 26.1 Å². The van der Waals surface area contributed by atoms with E-state index in [4.69, 9.17) is 4.74 Å². The van der Waals surface area contributed by atoms with Crippen LogP contribution in [0, 0.1) is 5.82 Å². The number of thiophene rings is 1. The minimum Gasteiger partial charge on any atom is -0.377 e. The maximum Gasteiger partial charge on any atom is 0.315 e. The molecule has 1 atom stereocenters. The number of nitrogens with one attached hydrogen (secondary N) is 2. The highest BCUT2D eigenvalue weighted by atomic mass is 32.1. The Kier molecular flexibility index (Phi) is 7.17. The zero-order valence-corrected chi connectivity index (χ0v) is 16.5. The van der Waals surface area contributed by atoms with Gasteiger partial charge in [0.05, 0.1) is 12.6 Å². The van der Waals surface area contributed by atoms with Crippen LogP contribution in [0.1, 0.15) is 34.5 Å². The Labute approximate surface area is 168 Å². The standard InChI is InChI=1S/C22H23FN2O2S/c1-2-27-15-18-7-4-3-6-17(18)14-24-22(26)25-21(20-8-5-13-28-20)16-9-11-19(23)12-10-16/h3-13,21H,2,14-15H2,1H3,(H2,24,25,26). The van der Waals surface area contributed by atoms with Crippen LogP contribution in [0.2, 0.25) is 0 Å². The second-order valence-electron chi connectivity index (χ2n) is 6.23. The van der Waals surface area contributed by atoms with E-state index in [1.165, 1.54) is 12.1 Å². The predicted octanol–water partition coefficient (Wildman–Crippen LogP) is 5.01. The second-order valence-corrected chi connectivity index (χ2v) is 7.21. The molecule has 0 spiro atoms. The fraction of sp³-hybridized carbons (Fsp3) is 0.227. The van der Waals surface area contributed by atoms with E-state index in [9.17, 15) is 9.18 Å². The first-order valence-corrected chi connectivity index (χ1v) is 10.0. The van der Waals surface area contributed by atoms with Gasteiger partial charge in [-0.3, -0.25) is 0 Å². The quantitative estimate of drug-likeness (QED) is 0.560. The number of carbonyl (C=O) groups is 1. The van der Waals surface area contributed by atoms with Crippen molar-refractivity contribution < 1.29 is 13.9 Å². The van der Waals surface area contributed by atoms with E-state index in [0.29, 0.717) is 19.8 Å². The summed E-state index contributed by atoms with van der Waals surface area (Å²) in [4.78, 5) is 13.5. The van der Waals surface area contributed by atoms with Crippen molar-refractivity contribution in [2.75, 3.05) is 6.61 Å². The molecule has 2 N–H and O–H groups in total. The van der Waals surface area contributed by atoms with Gasteiger partial charge in [0.25, 0.3) is 0 Å². The molecule has 3 rings (SSSR count). The van der Waals surface area contributed by atoms with Crippen LogP contribution in [-0.2, 0) is 17.9 Å². The van der Waals surface area contributed by atoms with Crippen LogP contribution >= 0.6 is 11.3 Å². The highest BCUT2D eigenvalue weighted by Gasteiger charge is 2.18. The van der Waals surface area contributed by atoms with E-state index in [0.717, 1.165) is 21.6 Å². The fourth-order valence-corrected chi connectivity index (χ4v) is 3.67. The van der Waals surface area contributed by atoms with Gasteiger partial charge in [0.1, 0.15) is 5.82 Å². The molecule has 0 saturated heterocycles. The summed E-state index contributed by atoms with van der Waals surface area (Å²) in [6.07, 6.45) is 0. The number of hydrogen-bond acceptors (Lipinski definition) is 3. The fourth-order valence-electron chi connectivity index (χ4n) is 2.87. The number of carbonyl (C=O) groups excluding carboxylic acids is 1. The molecule has 1 heterocycles. The summed E-state index contributed by atoms with van der Waals surface area (Å²) >= 11 is 1.55. The minimum atomic E-state index is -0.334. The molecule has 146 valence electrons. The zero-order chi connectivity index (χ0) is 19.8. The van der Waals surface area contributed by atoms with Gasteiger partial charge in [-0.15, -0.1) is 11.3 Å². The van der Waals surface area contributed by atoms with E-state index in [1.54, 1.807) is 23.5 Å². The van der Waals surface area contributed by atoms with E-state index in [1.807, 2.05) is 48.7 Å². The van der Waals surface area contributed by atoms with E-state index in [-0.39, 0.29) is 17.9 Å². The van der Waals surface area contributed by atoms with Crippen molar-refractivity contribution in [1.82, 2.24) is 10.6 Å². The smallest absolute Gasteiger partial charge is 0.315 e. The number of amides is 2. The molecule has 0 bridgehead atoms. The maximum absolute atomic E-state index is 13.3. The summed E-state index contributed by atoms with van der Waals surface area (Å²) in [5.41, 5.74) is 2.90. The number of halogens is 1. The van der Waals surface area contributed by atoms with Gasteiger partial charge >= 0.3 is 6.03 Å². The van der Waals surface area contributed by atoms with Gasteiger partial charge in [-0.2, -0.15) is 0 Å². The Morgan fingerprint density at radius 1 is 1.07 bits per heavy atom. The number of urea groups is 1. The van der Waals surface area contributed by atoms with E-state index < -0.39 is 0 Å². The number of hydrogen-bond donors (Lipinski definition) is 2. The third-order valence-corrected chi connectivity index (χ3v) is 5.26. The Morgan fingerprint density at radius 2 is 1.82 bits per heavy atom. The van der Waals surface area contributed by atoms with Gasteiger partial charge < -0.3 is 15.4 Å². The number of benzene rings is 2. The van der Waals surface area contributed by atoms with Crippen molar-refractivity contribution in [1.29, 1.82) is 0 Å². The van der Waals surface area contributed by atoms with Gasteiger partial charge in [0.15, 0.2) is 0 Å². The second kappa shape index (κ2) is 10.0. The molecule has 28 heavy (non-hydrogen) atoms. The molecule has 0 radical (unpaired) electrons. The SMILES string of the molecule is CCOCc1ccccc1CNC(=O)NC(c1ccc(F)cc1)c1cccs1. The molecule has 0 fully saturated rings. The van der Waals surface area contributed by atoms with E-state index in [2.05, 4.69) is 10.6 Å². The van der Waals surface area contributed by atoms with Crippen LogP contribution < -0.4 is 10.6 Å². The lowest BCUT2D eigenvalue weighted by molar-refractivity contribution is 0.133. The van der Waals surface area contributed by atoms with Gasteiger partial charge in [-0.1, -0.05) is 42.5 Å².